The van der Waals surface area contributed by atoms with Crippen molar-refractivity contribution in [1.82, 2.24) is 9.97 Å². The van der Waals surface area contributed by atoms with Crippen molar-refractivity contribution < 1.29 is 18.0 Å². The molecule has 4 nitrogen and oxygen atoms in total. The highest BCUT2D eigenvalue weighted by Gasteiger charge is 2.27. The van der Waals surface area contributed by atoms with Crippen LogP contribution in [-0.4, -0.2) is 27.8 Å². The zero-order valence-corrected chi connectivity index (χ0v) is 14.5. The number of nitrogens with one attached hydrogen (secondary N) is 2. The van der Waals surface area contributed by atoms with Gasteiger partial charge in [0.15, 0.2) is 0 Å². The number of para-hydroxylation sites is 3. The van der Waals surface area contributed by atoms with E-state index in [-0.39, 0.29) is 12.3 Å². The average Bonchev–Trinajstić information content (AvgIpc) is 3.01. The van der Waals surface area contributed by atoms with Gasteiger partial charge in [-0.1, -0.05) is 24.3 Å². The third-order valence-corrected chi connectivity index (χ3v) is 4.72. The van der Waals surface area contributed by atoms with Crippen LogP contribution in [0.5, 0.6) is 0 Å². The normalized spacial score (nSPS) is 11.7. The number of hydrogen-bond acceptors (Lipinski definition) is 3. The lowest BCUT2D eigenvalue weighted by Crippen LogP contribution is -2.14. The summed E-state index contributed by atoms with van der Waals surface area (Å²) in [5.74, 6) is -0.578. The molecule has 1 amide bonds. The number of carbonyl (C=O) groups is 1. The Kier molecular flexibility index (Phi) is 5.51. The summed E-state index contributed by atoms with van der Waals surface area (Å²) in [5, 5.41) is 2.68. The number of carbonyl (C=O) groups excluding carboxylic acids is 1. The molecule has 0 bridgehead atoms. The van der Waals surface area contributed by atoms with Crippen LogP contribution in [0.4, 0.5) is 18.9 Å². The topological polar surface area (TPSA) is 57.8 Å². The van der Waals surface area contributed by atoms with E-state index in [4.69, 9.17) is 0 Å². The van der Waals surface area contributed by atoms with Crippen LogP contribution in [-0.2, 0) is 11.2 Å². The Morgan fingerprint density at radius 3 is 2.62 bits per heavy atom. The van der Waals surface area contributed by atoms with Gasteiger partial charge in [-0.15, -0.1) is 11.8 Å². The quantitative estimate of drug-likeness (QED) is 0.606. The first-order chi connectivity index (χ1) is 12.4. The Labute approximate surface area is 152 Å². The van der Waals surface area contributed by atoms with Crippen molar-refractivity contribution in [1.29, 1.82) is 0 Å². The number of imidazole rings is 1. The molecule has 0 aliphatic rings. The number of aromatic amines is 1. The Hall–Kier alpha value is -2.48. The molecule has 0 radical (unpaired) electrons. The Morgan fingerprint density at radius 1 is 1.12 bits per heavy atom. The first-order valence-corrected chi connectivity index (χ1v) is 8.91. The Balaban J connectivity index is 1.59. The van der Waals surface area contributed by atoms with Crippen LogP contribution < -0.4 is 5.32 Å². The Bertz CT molecular complexity index is 875. The standard InChI is InChI=1S/C18H16F3N3OS/c19-18(20,21)11-26-15-8-4-3-7-14(15)24-17(25)10-9-16-22-12-5-1-2-6-13(12)23-16/h1-8H,9-11H2,(H,22,23)(H,24,25). The third kappa shape index (κ3) is 5.01. The van der Waals surface area contributed by atoms with Gasteiger partial charge in [0.05, 0.1) is 22.5 Å². The summed E-state index contributed by atoms with van der Waals surface area (Å²) in [6.07, 6.45) is -3.67. The van der Waals surface area contributed by atoms with Crippen LogP contribution in [0, 0.1) is 0 Å². The number of benzene rings is 2. The second-order valence-electron chi connectivity index (χ2n) is 5.65. The number of amides is 1. The Morgan fingerprint density at radius 2 is 1.85 bits per heavy atom. The number of thioether (sulfide) groups is 1. The number of alkyl halides is 3. The van der Waals surface area contributed by atoms with Gasteiger partial charge >= 0.3 is 6.18 Å². The lowest BCUT2D eigenvalue weighted by Gasteiger charge is -2.11. The predicted octanol–water partition coefficient (Wildman–Crippen LogP) is 4.79. The van der Waals surface area contributed by atoms with Gasteiger partial charge in [0.25, 0.3) is 0 Å². The van der Waals surface area contributed by atoms with Gasteiger partial charge in [0.2, 0.25) is 5.91 Å². The molecule has 26 heavy (non-hydrogen) atoms. The number of hydrogen-bond donors (Lipinski definition) is 2. The molecule has 136 valence electrons. The van der Waals surface area contributed by atoms with Gasteiger partial charge < -0.3 is 10.3 Å². The molecular formula is C18H16F3N3OS. The number of aryl methyl sites for hydroxylation is 1. The smallest absolute Gasteiger partial charge is 0.342 e. The molecule has 0 saturated heterocycles. The van der Waals surface area contributed by atoms with Crippen molar-refractivity contribution in [2.45, 2.75) is 23.9 Å². The van der Waals surface area contributed by atoms with E-state index >= 15 is 0 Å². The van der Waals surface area contributed by atoms with Crippen LogP contribution >= 0.6 is 11.8 Å². The second kappa shape index (κ2) is 7.82. The molecule has 2 N–H and O–H groups in total. The van der Waals surface area contributed by atoms with Gasteiger partial charge in [-0.2, -0.15) is 13.2 Å². The van der Waals surface area contributed by atoms with Crippen molar-refractivity contribution >= 4 is 34.4 Å². The number of anilines is 1. The molecule has 0 saturated carbocycles. The van der Waals surface area contributed by atoms with E-state index in [1.54, 1.807) is 24.3 Å². The maximum absolute atomic E-state index is 12.4. The van der Waals surface area contributed by atoms with Gasteiger partial charge in [-0.3, -0.25) is 4.79 Å². The van der Waals surface area contributed by atoms with E-state index in [0.29, 0.717) is 34.6 Å². The molecule has 8 heteroatoms. The van der Waals surface area contributed by atoms with Crippen molar-refractivity contribution in [3.05, 3.63) is 54.4 Å². The number of rotatable bonds is 6. The van der Waals surface area contributed by atoms with Crippen molar-refractivity contribution in [2.75, 3.05) is 11.1 Å². The fourth-order valence-corrected chi connectivity index (χ4v) is 3.19. The van der Waals surface area contributed by atoms with Gasteiger partial charge in [0, 0.05) is 17.7 Å². The van der Waals surface area contributed by atoms with Crippen molar-refractivity contribution in [2.24, 2.45) is 0 Å². The van der Waals surface area contributed by atoms with Crippen molar-refractivity contribution in [3.63, 3.8) is 0 Å². The number of halogens is 3. The molecule has 3 aromatic rings. The summed E-state index contributed by atoms with van der Waals surface area (Å²) in [5.41, 5.74) is 2.12. The molecule has 0 unspecified atom stereocenters. The van der Waals surface area contributed by atoms with Crippen LogP contribution in [0.25, 0.3) is 11.0 Å². The molecule has 0 atom stereocenters. The van der Waals surface area contributed by atoms with Gasteiger partial charge in [-0.05, 0) is 24.3 Å². The summed E-state index contributed by atoms with van der Waals surface area (Å²) in [7, 11) is 0. The van der Waals surface area contributed by atoms with Crippen LogP contribution in [0.1, 0.15) is 12.2 Å². The highest BCUT2D eigenvalue weighted by molar-refractivity contribution is 7.99. The number of fused-ring (bicyclic) bond motifs is 1. The monoisotopic (exact) mass is 379 g/mol. The highest BCUT2D eigenvalue weighted by atomic mass is 32.2. The molecule has 1 heterocycles. The molecule has 1 aromatic heterocycles. The third-order valence-electron chi connectivity index (χ3n) is 3.58. The molecule has 2 aromatic carbocycles. The highest BCUT2D eigenvalue weighted by Crippen LogP contribution is 2.32. The molecule has 3 rings (SSSR count). The zero-order chi connectivity index (χ0) is 18.6. The first kappa shape index (κ1) is 18.3. The average molecular weight is 379 g/mol. The van der Waals surface area contributed by atoms with Crippen LogP contribution in [0.15, 0.2) is 53.4 Å². The lowest BCUT2D eigenvalue weighted by molar-refractivity contribution is -0.116. The summed E-state index contributed by atoms with van der Waals surface area (Å²) in [4.78, 5) is 20.1. The fraction of sp³-hybridized carbons (Fsp3) is 0.222. The van der Waals surface area contributed by atoms with E-state index in [0.717, 1.165) is 11.0 Å². The number of nitrogens with zero attached hydrogens (tertiary/aromatic N) is 1. The van der Waals surface area contributed by atoms with Crippen LogP contribution in [0.2, 0.25) is 0 Å². The predicted molar refractivity (Wildman–Crippen MR) is 96.3 cm³/mol. The van der Waals surface area contributed by atoms with Crippen LogP contribution in [0.3, 0.4) is 0 Å². The van der Waals surface area contributed by atoms with E-state index in [1.165, 1.54) is 0 Å². The first-order valence-electron chi connectivity index (χ1n) is 7.93. The van der Waals surface area contributed by atoms with Gasteiger partial charge in [0.1, 0.15) is 5.82 Å². The van der Waals surface area contributed by atoms with Gasteiger partial charge in [-0.25, -0.2) is 4.98 Å². The maximum atomic E-state index is 12.4. The second-order valence-corrected chi connectivity index (χ2v) is 6.67. The summed E-state index contributed by atoms with van der Waals surface area (Å²) in [6.45, 7) is 0. The fourth-order valence-electron chi connectivity index (χ4n) is 2.42. The molecule has 0 spiro atoms. The summed E-state index contributed by atoms with van der Waals surface area (Å²) in [6, 6.07) is 14.0. The summed E-state index contributed by atoms with van der Waals surface area (Å²) >= 11 is 0.655. The minimum atomic E-state index is -4.26. The molecule has 0 fully saturated rings. The van der Waals surface area contributed by atoms with E-state index in [9.17, 15) is 18.0 Å². The molecular weight excluding hydrogens is 363 g/mol. The van der Waals surface area contributed by atoms with E-state index < -0.39 is 11.9 Å². The SMILES string of the molecule is O=C(CCc1nc2ccccc2[nH]1)Nc1ccccc1SCC(F)(F)F. The summed E-state index contributed by atoms with van der Waals surface area (Å²) < 4.78 is 37.2. The molecule has 0 aliphatic carbocycles. The largest absolute Gasteiger partial charge is 0.398 e. The zero-order valence-electron chi connectivity index (χ0n) is 13.6. The molecule has 0 aliphatic heterocycles. The maximum Gasteiger partial charge on any atom is 0.398 e. The lowest BCUT2D eigenvalue weighted by atomic mass is 10.2. The van der Waals surface area contributed by atoms with E-state index in [1.807, 2.05) is 24.3 Å². The minimum Gasteiger partial charge on any atom is -0.342 e. The number of H-pyrrole nitrogens is 1. The van der Waals surface area contributed by atoms with E-state index in [2.05, 4.69) is 15.3 Å². The minimum absolute atomic E-state index is 0.179. The number of aromatic nitrogens is 2. The van der Waals surface area contributed by atoms with Crippen molar-refractivity contribution in [3.8, 4) is 0 Å².